The van der Waals surface area contributed by atoms with E-state index in [9.17, 15) is 8.42 Å². The number of nitrogens with one attached hydrogen (secondary N) is 2. The van der Waals surface area contributed by atoms with Crippen LogP contribution in [-0.4, -0.2) is 32.0 Å². The van der Waals surface area contributed by atoms with Crippen molar-refractivity contribution in [3.63, 3.8) is 0 Å². The Labute approximate surface area is 128 Å². The highest BCUT2D eigenvalue weighted by atomic mass is 32.2. The smallest absolute Gasteiger partial charge is 0.250 e. The molecule has 0 atom stereocenters. The van der Waals surface area contributed by atoms with Gasteiger partial charge in [-0.25, -0.2) is 13.1 Å². The molecule has 8 heteroatoms. The van der Waals surface area contributed by atoms with Gasteiger partial charge in [0.2, 0.25) is 10.0 Å². The molecule has 0 fully saturated rings. The molecular weight excluding hydrogens is 308 g/mol. The van der Waals surface area contributed by atoms with Crippen LogP contribution in [0.5, 0.6) is 0 Å². The first-order chi connectivity index (χ1) is 10.0. The Kier molecular flexibility index (Phi) is 5.40. The van der Waals surface area contributed by atoms with Crippen LogP contribution in [0.4, 0.5) is 0 Å². The van der Waals surface area contributed by atoms with E-state index in [1.54, 1.807) is 18.5 Å². The second kappa shape index (κ2) is 7.08. The zero-order chi connectivity index (χ0) is 15.3. The van der Waals surface area contributed by atoms with Gasteiger partial charge < -0.3 is 5.32 Å². The van der Waals surface area contributed by atoms with Crippen LogP contribution in [0.15, 0.2) is 28.7 Å². The fraction of sp³-hybridized carbons (Fsp3) is 0.385. The maximum atomic E-state index is 12.2. The summed E-state index contributed by atoms with van der Waals surface area (Å²) in [5.74, 6) is 0. The molecule has 0 bridgehead atoms. The number of nitrogens with zero attached hydrogens (tertiary/aromatic N) is 2. The molecule has 2 N–H and O–H groups in total. The fourth-order valence-electron chi connectivity index (χ4n) is 1.64. The van der Waals surface area contributed by atoms with Crippen molar-refractivity contribution in [2.75, 3.05) is 13.6 Å². The van der Waals surface area contributed by atoms with E-state index >= 15 is 0 Å². The molecule has 0 aliphatic carbocycles. The second-order valence-electron chi connectivity index (χ2n) is 4.55. The number of hydrogen-bond donors (Lipinski definition) is 2. The Morgan fingerprint density at radius 2 is 2.05 bits per heavy atom. The normalized spacial score (nSPS) is 11.7. The van der Waals surface area contributed by atoms with Gasteiger partial charge in [-0.2, -0.15) is 0 Å². The average molecular weight is 326 g/mol. The predicted octanol–water partition coefficient (Wildman–Crippen LogP) is 1.09. The maximum absolute atomic E-state index is 12.2. The predicted molar refractivity (Wildman–Crippen MR) is 82.7 cm³/mol. The number of aryl methyl sites for hydroxylation is 1. The molecule has 0 aromatic carbocycles. The van der Waals surface area contributed by atoms with E-state index in [2.05, 4.69) is 20.0 Å². The monoisotopic (exact) mass is 326 g/mol. The minimum absolute atomic E-state index is 0.138. The lowest BCUT2D eigenvalue weighted by Gasteiger charge is -2.04. The van der Waals surface area contributed by atoms with E-state index in [-0.39, 0.29) is 6.54 Å². The molecule has 0 amide bonds. The lowest BCUT2D eigenvalue weighted by atomic mass is 10.3. The summed E-state index contributed by atoms with van der Waals surface area (Å²) in [7, 11) is -1.62. The summed E-state index contributed by atoms with van der Waals surface area (Å²) in [6.07, 6.45) is 4.01. The second-order valence-corrected chi connectivity index (χ2v) is 7.71. The Bertz CT molecular complexity index is 680. The van der Waals surface area contributed by atoms with Gasteiger partial charge in [0.05, 0.1) is 24.1 Å². The van der Waals surface area contributed by atoms with Crippen LogP contribution in [-0.2, 0) is 23.0 Å². The molecule has 0 spiro atoms. The van der Waals surface area contributed by atoms with Crippen molar-refractivity contribution < 1.29 is 8.42 Å². The first kappa shape index (κ1) is 16.0. The standard InChI is InChI=1S/C13H18N4O2S2/c1-10-7-16-11(8-15-10)9-17-21(18,19)13-4-3-12(20-13)5-6-14-2/h3-4,7-8,14,17H,5-6,9H2,1-2H3. The van der Waals surface area contributed by atoms with Crippen molar-refractivity contribution in [3.05, 3.63) is 40.8 Å². The number of aromatic nitrogens is 2. The third-order valence-corrected chi connectivity index (χ3v) is 5.84. The summed E-state index contributed by atoms with van der Waals surface area (Å²) in [6.45, 7) is 2.80. The number of hydrogen-bond acceptors (Lipinski definition) is 6. The van der Waals surface area contributed by atoms with Crippen LogP contribution in [0.3, 0.4) is 0 Å². The molecule has 2 aromatic rings. The molecule has 0 unspecified atom stereocenters. The van der Waals surface area contributed by atoms with Gasteiger partial charge >= 0.3 is 0 Å². The Morgan fingerprint density at radius 3 is 2.71 bits per heavy atom. The van der Waals surface area contributed by atoms with Gasteiger partial charge in [-0.3, -0.25) is 9.97 Å². The molecule has 0 saturated heterocycles. The van der Waals surface area contributed by atoms with Crippen LogP contribution in [0.25, 0.3) is 0 Å². The molecule has 6 nitrogen and oxygen atoms in total. The Hall–Kier alpha value is -1.35. The van der Waals surface area contributed by atoms with Crippen LogP contribution in [0.1, 0.15) is 16.3 Å². The van der Waals surface area contributed by atoms with E-state index in [0.717, 1.165) is 23.5 Å². The maximum Gasteiger partial charge on any atom is 0.250 e. The van der Waals surface area contributed by atoms with Crippen molar-refractivity contribution >= 4 is 21.4 Å². The minimum Gasteiger partial charge on any atom is -0.319 e. The Morgan fingerprint density at radius 1 is 1.24 bits per heavy atom. The van der Waals surface area contributed by atoms with E-state index in [1.807, 2.05) is 20.0 Å². The van der Waals surface area contributed by atoms with Crippen LogP contribution in [0.2, 0.25) is 0 Å². The summed E-state index contributed by atoms with van der Waals surface area (Å²) >= 11 is 1.29. The number of rotatable bonds is 7. The third-order valence-electron chi connectivity index (χ3n) is 2.80. The quantitative estimate of drug-likeness (QED) is 0.795. The highest BCUT2D eigenvalue weighted by molar-refractivity contribution is 7.91. The molecule has 0 radical (unpaired) electrons. The van der Waals surface area contributed by atoms with E-state index in [4.69, 9.17) is 0 Å². The zero-order valence-corrected chi connectivity index (χ0v) is 13.6. The lowest BCUT2D eigenvalue weighted by molar-refractivity contribution is 0.582. The van der Waals surface area contributed by atoms with Crippen molar-refractivity contribution in [2.45, 2.75) is 24.1 Å². The highest BCUT2D eigenvalue weighted by Gasteiger charge is 2.16. The topological polar surface area (TPSA) is 84.0 Å². The van der Waals surface area contributed by atoms with Crippen molar-refractivity contribution in [3.8, 4) is 0 Å². The van der Waals surface area contributed by atoms with Gasteiger partial charge in [0, 0.05) is 11.1 Å². The number of thiophene rings is 1. The fourth-order valence-corrected chi connectivity index (χ4v) is 4.03. The first-order valence-electron chi connectivity index (χ1n) is 6.52. The first-order valence-corrected chi connectivity index (χ1v) is 8.82. The summed E-state index contributed by atoms with van der Waals surface area (Å²) in [4.78, 5) is 9.26. The van der Waals surface area contributed by atoms with Crippen LogP contribution in [0, 0.1) is 6.92 Å². The molecule has 2 aromatic heterocycles. The van der Waals surface area contributed by atoms with E-state index in [1.165, 1.54) is 11.3 Å². The van der Waals surface area contributed by atoms with E-state index in [0.29, 0.717) is 9.90 Å². The largest absolute Gasteiger partial charge is 0.319 e. The van der Waals surface area contributed by atoms with Crippen molar-refractivity contribution in [1.29, 1.82) is 0 Å². The third kappa shape index (κ3) is 4.57. The molecule has 0 aliphatic heterocycles. The van der Waals surface area contributed by atoms with Gasteiger partial charge in [0.25, 0.3) is 0 Å². The molecule has 21 heavy (non-hydrogen) atoms. The van der Waals surface area contributed by atoms with Crippen LogP contribution < -0.4 is 10.0 Å². The molecule has 114 valence electrons. The van der Waals surface area contributed by atoms with Crippen molar-refractivity contribution in [1.82, 2.24) is 20.0 Å². The molecular formula is C13H18N4O2S2. The average Bonchev–Trinajstić information content (AvgIpc) is 2.94. The van der Waals surface area contributed by atoms with Gasteiger partial charge in [-0.05, 0) is 39.1 Å². The number of sulfonamides is 1. The minimum atomic E-state index is -3.49. The molecule has 0 saturated carbocycles. The Balaban J connectivity index is 2.00. The summed E-state index contributed by atoms with van der Waals surface area (Å²) in [5.41, 5.74) is 1.39. The lowest BCUT2D eigenvalue weighted by Crippen LogP contribution is -2.23. The van der Waals surface area contributed by atoms with Crippen LogP contribution >= 0.6 is 11.3 Å². The summed E-state index contributed by atoms with van der Waals surface area (Å²) < 4.78 is 27.3. The van der Waals surface area contributed by atoms with E-state index < -0.39 is 10.0 Å². The summed E-state index contributed by atoms with van der Waals surface area (Å²) in [6, 6.07) is 3.49. The SMILES string of the molecule is CNCCc1ccc(S(=O)(=O)NCc2cnc(C)cn2)s1. The highest BCUT2D eigenvalue weighted by Crippen LogP contribution is 2.21. The molecule has 2 heterocycles. The van der Waals surface area contributed by atoms with Crippen molar-refractivity contribution in [2.24, 2.45) is 0 Å². The van der Waals surface area contributed by atoms with Gasteiger partial charge in [-0.1, -0.05) is 0 Å². The zero-order valence-electron chi connectivity index (χ0n) is 12.0. The molecule has 0 aliphatic rings. The van der Waals surface area contributed by atoms with Gasteiger partial charge in [0.1, 0.15) is 4.21 Å². The molecule has 2 rings (SSSR count). The van der Waals surface area contributed by atoms with Gasteiger partial charge in [-0.15, -0.1) is 11.3 Å². The summed E-state index contributed by atoms with van der Waals surface area (Å²) in [5, 5.41) is 3.04. The van der Waals surface area contributed by atoms with Gasteiger partial charge in [0.15, 0.2) is 0 Å². The number of likely N-dealkylation sites (N-methyl/N-ethyl adjacent to an activating group) is 1.